The van der Waals surface area contributed by atoms with E-state index >= 15 is 0 Å². The smallest absolute Gasteiger partial charge is 0.251 e. The Morgan fingerprint density at radius 2 is 1.74 bits per heavy atom. The number of nitrogens with one attached hydrogen (secondary N) is 1. The van der Waals surface area contributed by atoms with Gasteiger partial charge in [0.2, 0.25) is 0 Å². The number of alkyl halides is 1. The van der Waals surface area contributed by atoms with Crippen molar-refractivity contribution in [2.24, 2.45) is 5.41 Å². The molecule has 0 fully saturated rings. The van der Waals surface area contributed by atoms with E-state index in [0.717, 1.165) is 23.1 Å². The molecule has 0 aliphatic rings. The zero-order valence-electron chi connectivity index (χ0n) is 12.5. The van der Waals surface area contributed by atoms with Gasteiger partial charge in [0.15, 0.2) is 0 Å². The molecule has 0 saturated carbocycles. The number of benzene rings is 1. The van der Waals surface area contributed by atoms with E-state index in [1.54, 1.807) is 0 Å². The van der Waals surface area contributed by atoms with Crippen molar-refractivity contribution in [3.8, 4) is 0 Å². The van der Waals surface area contributed by atoms with Gasteiger partial charge in [-0.25, -0.2) is 0 Å². The zero-order chi connectivity index (χ0) is 14.6. The highest BCUT2D eigenvalue weighted by Crippen LogP contribution is 2.24. The van der Waals surface area contributed by atoms with Crippen molar-refractivity contribution in [3.63, 3.8) is 0 Å². The van der Waals surface area contributed by atoms with Crippen LogP contribution in [0.2, 0.25) is 0 Å². The van der Waals surface area contributed by atoms with E-state index < -0.39 is 0 Å². The van der Waals surface area contributed by atoms with Crippen molar-refractivity contribution in [2.45, 2.75) is 45.9 Å². The fourth-order valence-electron chi connectivity index (χ4n) is 2.15. The lowest BCUT2D eigenvalue weighted by Gasteiger charge is -2.22. The van der Waals surface area contributed by atoms with Crippen LogP contribution in [-0.2, 0) is 0 Å². The van der Waals surface area contributed by atoms with E-state index in [1.165, 1.54) is 0 Å². The molecule has 0 aliphatic heterocycles. The molecule has 1 amide bonds. The first-order valence-electron chi connectivity index (χ1n) is 6.68. The van der Waals surface area contributed by atoms with Crippen LogP contribution in [0.25, 0.3) is 0 Å². The van der Waals surface area contributed by atoms with Crippen LogP contribution in [0.3, 0.4) is 0 Å². The van der Waals surface area contributed by atoms with Crippen LogP contribution in [0.4, 0.5) is 0 Å². The average molecular weight is 326 g/mol. The molecular weight excluding hydrogens is 302 g/mol. The highest BCUT2D eigenvalue weighted by molar-refractivity contribution is 9.09. The molecule has 1 unspecified atom stereocenters. The number of hydrogen-bond acceptors (Lipinski definition) is 1. The van der Waals surface area contributed by atoms with E-state index in [9.17, 15) is 4.79 Å². The predicted molar refractivity (Wildman–Crippen MR) is 85.0 cm³/mol. The first-order valence-corrected chi connectivity index (χ1v) is 7.59. The van der Waals surface area contributed by atoms with Gasteiger partial charge in [-0.05, 0) is 37.8 Å². The van der Waals surface area contributed by atoms with Crippen LogP contribution in [0, 0.1) is 19.3 Å². The number of carbonyl (C=O) groups excluding carboxylic acids is 1. The minimum atomic E-state index is 0.00478. The van der Waals surface area contributed by atoms with Crippen LogP contribution in [-0.4, -0.2) is 17.3 Å². The minimum absolute atomic E-state index is 0.00478. The van der Waals surface area contributed by atoms with Gasteiger partial charge in [-0.1, -0.05) is 53.9 Å². The summed E-state index contributed by atoms with van der Waals surface area (Å²) < 4.78 is 0. The molecule has 0 radical (unpaired) electrons. The summed E-state index contributed by atoms with van der Waals surface area (Å²) >= 11 is 3.63. The maximum Gasteiger partial charge on any atom is 0.251 e. The van der Waals surface area contributed by atoms with Crippen LogP contribution in [0.1, 0.15) is 48.7 Å². The Morgan fingerprint density at radius 3 is 2.21 bits per heavy atom. The predicted octanol–water partition coefficient (Wildman–Crippen LogP) is 4.23. The highest BCUT2D eigenvalue weighted by Gasteiger charge is 2.17. The van der Waals surface area contributed by atoms with Gasteiger partial charge in [0.05, 0.1) is 0 Å². The van der Waals surface area contributed by atoms with E-state index in [4.69, 9.17) is 0 Å². The van der Waals surface area contributed by atoms with Gasteiger partial charge in [0.25, 0.3) is 5.91 Å². The van der Waals surface area contributed by atoms with E-state index in [1.807, 2.05) is 26.0 Å². The molecular formula is C16H24BrNO. The lowest BCUT2D eigenvalue weighted by Crippen LogP contribution is -2.31. The van der Waals surface area contributed by atoms with E-state index in [-0.39, 0.29) is 11.3 Å². The molecule has 1 aromatic carbocycles. The number of aryl methyl sites for hydroxylation is 2. The Hall–Kier alpha value is -0.830. The van der Waals surface area contributed by atoms with Gasteiger partial charge < -0.3 is 5.32 Å². The van der Waals surface area contributed by atoms with Crippen LogP contribution in [0.15, 0.2) is 18.2 Å². The van der Waals surface area contributed by atoms with Crippen molar-refractivity contribution >= 4 is 21.8 Å². The molecule has 106 valence electrons. The Balaban J connectivity index is 2.56. The van der Waals surface area contributed by atoms with E-state index in [2.05, 4.69) is 48.1 Å². The summed E-state index contributed by atoms with van der Waals surface area (Å²) in [4.78, 5) is 12.4. The summed E-state index contributed by atoms with van der Waals surface area (Å²) in [6.45, 7) is 11.3. The Labute approximate surface area is 125 Å². The van der Waals surface area contributed by atoms with Crippen molar-refractivity contribution in [1.82, 2.24) is 5.32 Å². The van der Waals surface area contributed by atoms with Crippen molar-refractivity contribution < 1.29 is 4.79 Å². The van der Waals surface area contributed by atoms with Crippen LogP contribution >= 0.6 is 15.9 Å². The molecule has 0 bridgehead atoms. The normalized spacial score (nSPS) is 13.2. The van der Waals surface area contributed by atoms with Gasteiger partial charge >= 0.3 is 0 Å². The number of halogens is 1. The average Bonchev–Trinajstić information content (AvgIpc) is 2.22. The third-order valence-corrected chi connectivity index (χ3v) is 3.45. The van der Waals surface area contributed by atoms with Crippen molar-refractivity contribution in [1.29, 1.82) is 0 Å². The molecule has 3 heteroatoms. The van der Waals surface area contributed by atoms with Gasteiger partial charge in [-0.2, -0.15) is 0 Å². The summed E-state index contributed by atoms with van der Waals surface area (Å²) in [5, 5.41) is 2.99. The molecule has 0 aliphatic carbocycles. The van der Waals surface area contributed by atoms with Gasteiger partial charge in [0.1, 0.15) is 0 Å². The van der Waals surface area contributed by atoms with Crippen molar-refractivity contribution in [2.75, 3.05) is 6.54 Å². The zero-order valence-corrected chi connectivity index (χ0v) is 14.1. The Morgan fingerprint density at radius 1 is 1.21 bits per heavy atom. The third-order valence-electron chi connectivity index (χ3n) is 2.80. The second kappa shape index (κ2) is 6.56. The standard InChI is InChI=1S/C16H24BrNO/c1-11-6-12(2)8-13(7-11)15(19)18-10-14(17)9-16(3,4)5/h6-8,14H,9-10H2,1-5H3,(H,18,19). The highest BCUT2D eigenvalue weighted by atomic mass is 79.9. The maximum atomic E-state index is 12.1. The summed E-state index contributed by atoms with van der Waals surface area (Å²) in [7, 11) is 0. The van der Waals surface area contributed by atoms with Gasteiger partial charge in [-0.15, -0.1) is 0 Å². The summed E-state index contributed by atoms with van der Waals surface area (Å²) in [5.74, 6) is 0.00478. The fraction of sp³-hybridized carbons (Fsp3) is 0.562. The maximum absolute atomic E-state index is 12.1. The molecule has 0 aromatic heterocycles. The minimum Gasteiger partial charge on any atom is -0.351 e. The second-order valence-electron chi connectivity index (χ2n) is 6.45. The summed E-state index contributed by atoms with van der Waals surface area (Å²) in [5.41, 5.74) is 3.25. The number of rotatable bonds is 4. The second-order valence-corrected chi connectivity index (χ2v) is 7.74. The number of amides is 1. The van der Waals surface area contributed by atoms with Crippen molar-refractivity contribution in [3.05, 3.63) is 34.9 Å². The molecule has 0 heterocycles. The fourth-order valence-corrected chi connectivity index (χ4v) is 3.28. The Kier molecular flexibility index (Phi) is 5.60. The molecule has 1 rings (SSSR count). The lowest BCUT2D eigenvalue weighted by atomic mass is 9.90. The Bertz CT molecular complexity index is 428. The van der Waals surface area contributed by atoms with Crippen LogP contribution in [0.5, 0.6) is 0 Å². The van der Waals surface area contributed by atoms with E-state index in [0.29, 0.717) is 11.4 Å². The molecule has 0 spiro atoms. The molecule has 2 nitrogen and oxygen atoms in total. The lowest BCUT2D eigenvalue weighted by molar-refractivity contribution is 0.0952. The molecule has 1 N–H and O–H groups in total. The summed E-state index contributed by atoms with van der Waals surface area (Å²) in [6, 6.07) is 5.92. The van der Waals surface area contributed by atoms with Gasteiger partial charge in [0, 0.05) is 16.9 Å². The molecule has 19 heavy (non-hydrogen) atoms. The molecule has 0 saturated heterocycles. The first kappa shape index (κ1) is 16.2. The molecule has 1 atom stereocenters. The monoisotopic (exact) mass is 325 g/mol. The number of hydrogen-bond donors (Lipinski definition) is 1. The van der Waals surface area contributed by atoms with Crippen LogP contribution < -0.4 is 5.32 Å². The van der Waals surface area contributed by atoms with Gasteiger partial charge in [-0.3, -0.25) is 4.79 Å². The quantitative estimate of drug-likeness (QED) is 0.824. The number of carbonyl (C=O) groups is 1. The molecule has 1 aromatic rings. The largest absolute Gasteiger partial charge is 0.351 e. The third kappa shape index (κ3) is 6.24. The summed E-state index contributed by atoms with van der Waals surface area (Å²) in [6.07, 6.45) is 1.03. The topological polar surface area (TPSA) is 29.1 Å². The first-order chi connectivity index (χ1) is 8.67. The SMILES string of the molecule is Cc1cc(C)cc(C(=O)NCC(Br)CC(C)(C)C)c1.